The van der Waals surface area contributed by atoms with Crippen LogP contribution in [0.3, 0.4) is 0 Å². The van der Waals surface area contributed by atoms with Crippen molar-refractivity contribution in [1.82, 2.24) is 20.0 Å². The normalized spacial score (nSPS) is 25.8. The van der Waals surface area contributed by atoms with E-state index in [1.807, 2.05) is 46.7 Å². The Labute approximate surface area is 265 Å². The summed E-state index contributed by atoms with van der Waals surface area (Å²) in [4.78, 5) is 58.3. The van der Waals surface area contributed by atoms with Crippen molar-refractivity contribution in [2.24, 2.45) is 29.1 Å². The fourth-order valence-electron chi connectivity index (χ4n) is 7.65. The van der Waals surface area contributed by atoms with Crippen LogP contribution in [0.15, 0.2) is 0 Å². The highest BCUT2D eigenvalue weighted by atomic mass is 16.5. The molecular weight excluding hydrogens is 564 g/mol. The largest absolute Gasteiger partial charge is 0.481 e. The molecular formula is C33H60N4O7. The van der Waals surface area contributed by atoms with Crippen molar-refractivity contribution in [3.05, 3.63) is 0 Å². The number of nitrogens with zero attached hydrogens (tertiary/aromatic N) is 3. The lowest BCUT2D eigenvalue weighted by atomic mass is 9.80. The van der Waals surface area contributed by atoms with Crippen LogP contribution in [-0.2, 0) is 28.7 Å². The van der Waals surface area contributed by atoms with Gasteiger partial charge in [-0.3, -0.25) is 24.1 Å². The van der Waals surface area contributed by atoms with E-state index in [2.05, 4.69) is 19.2 Å². The van der Waals surface area contributed by atoms with Crippen molar-refractivity contribution in [2.75, 3.05) is 41.9 Å². The summed E-state index contributed by atoms with van der Waals surface area (Å²) >= 11 is 0. The average Bonchev–Trinajstić information content (AvgIpc) is 3.52. The third-order valence-corrected chi connectivity index (χ3v) is 10.4. The van der Waals surface area contributed by atoms with Crippen LogP contribution in [0.1, 0.15) is 80.6 Å². The molecule has 4 unspecified atom stereocenters. The van der Waals surface area contributed by atoms with Crippen molar-refractivity contribution in [3.63, 3.8) is 0 Å². The Morgan fingerprint density at radius 1 is 1.00 bits per heavy atom. The van der Waals surface area contributed by atoms with E-state index < -0.39 is 35.6 Å². The summed E-state index contributed by atoms with van der Waals surface area (Å²) < 4.78 is 11.7. The lowest BCUT2D eigenvalue weighted by molar-refractivity contribution is -0.151. The van der Waals surface area contributed by atoms with Crippen LogP contribution in [0.2, 0.25) is 0 Å². The number of amides is 3. The summed E-state index contributed by atoms with van der Waals surface area (Å²) in [6.07, 6.45) is 2.11. The molecule has 2 rings (SSSR count). The number of aliphatic carboxylic acids is 1. The molecule has 44 heavy (non-hydrogen) atoms. The molecule has 2 aliphatic rings. The van der Waals surface area contributed by atoms with Crippen molar-refractivity contribution < 1.29 is 33.8 Å². The highest BCUT2D eigenvalue weighted by Gasteiger charge is 2.65. The highest BCUT2D eigenvalue weighted by Crippen LogP contribution is 2.60. The van der Waals surface area contributed by atoms with E-state index >= 15 is 0 Å². The van der Waals surface area contributed by atoms with Crippen LogP contribution in [0.4, 0.5) is 0 Å². The number of methoxy groups -OCH3 is 2. The van der Waals surface area contributed by atoms with E-state index in [-0.39, 0.29) is 60.0 Å². The molecule has 0 radical (unpaired) electrons. The molecule has 1 saturated heterocycles. The van der Waals surface area contributed by atoms with E-state index in [9.17, 15) is 24.3 Å². The number of rotatable bonds is 17. The molecule has 0 spiro atoms. The molecule has 1 aliphatic heterocycles. The van der Waals surface area contributed by atoms with E-state index in [0.717, 1.165) is 12.8 Å². The quantitative estimate of drug-likeness (QED) is 0.253. The summed E-state index contributed by atoms with van der Waals surface area (Å²) in [5, 5.41) is 12.7. The van der Waals surface area contributed by atoms with Crippen LogP contribution >= 0.6 is 0 Å². The Balaban J connectivity index is 2.29. The van der Waals surface area contributed by atoms with E-state index in [4.69, 9.17) is 9.47 Å². The Kier molecular flexibility index (Phi) is 13.7. The predicted octanol–water partition coefficient (Wildman–Crippen LogP) is 3.11. The number of carboxylic acid groups (broad SMARTS) is 1. The molecule has 11 heteroatoms. The maximum absolute atomic E-state index is 14.0. The van der Waals surface area contributed by atoms with Gasteiger partial charge in [0.15, 0.2) is 0 Å². The summed E-state index contributed by atoms with van der Waals surface area (Å²) in [7, 11) is 8.65. The molecule has 0 aromatic rings. The lowest BCUT2D eigenvalue weighted by Crippen LogP contribution is -2.56. The molecule has 1 heterocycles. The van der Waals surface area contributed by atoms with E-state index in [1.54, 1.807) is 30.9 Å². The Morgan fingerprint density at radius 2 is 1.61 bits per heavy atom. The summed E-state index contributed by atoms with van der Waals surface area (Å²) in [6.45, 7) is 14.3. The molecule has 9 atom stereocenters. The molecule has 11 nitrogen and oxygen atoms in total. The smallest absolute Gasteiger partial charge is 0.308 e. The minimum Gasteiger partial charge on any atom is -0.481 e. The van der Waals surface area contributed by atoms with Gasteiger partial charge in [0.2, 0.25) is 17.7 Å². The minimum atomic E-state index is -0.951. The zero-order chi connectivity index (χ0) is 33.7. The van der Waals surface area contributed by atoms with Gasteiger partial charge in [0.05, 0.1) is 36.6 Å². The van der Waals surface area contributed by atoms with E-state index in [0.29, 0.717) is 19.4 Å². The van der Waals surface area contributed by atoms with E-state index in [1.165, 1.54) is 7.11 Å². The maximum atomic E-state index is 14.0. The van der Waals surface area contributed by atoms with Gasteiger partial charge in [-0.1, -0.05) is 48.0 Å². The van der Waals surface area contributed by atoms with Crippen LogP contribution < -0.4 is 5.32 Å². The first-order valence-electron chi connectivity index (χ1n) is 16.3. The van der Waals surface area contributed by atoms with Gasteiger partial charge in [-0.15, -0.1) is 0 Å². The van der Waals surface area contributed by atoms with Gasteiger partial charge in [0.1, 0.15) is 6.04 Å². The monoisotopic (exact) mass is 624 g/mol. The van der Waals surface area contributed by atoms with Crippen LogP contribution in [-0.4, -0.2) is 122 Å². The summed E-state index contributed by atoms with van der Waals surface area (Å²) in [6, 6.07) is -1.51. The Morgan fingerprint density at radius 3 is 2.07 bits per heavy atom. The van der Waals surface area contributed by atoms with Gasteiger partial charge in [-0.25, -0.2) is 0 Å². The lowest BCUT2D eigenvalue weighted by Gasteiger charge is -2.37. The number of carboxylic acids is 1. The second-order valence-corrected chi connectivity index (χ2v) is 14.0. The van der Waals surface area contributed by atoms with Gasteiger partial charge in [0, 0.05) is 39.3 Å². The topological polar surface area (TPSA) is 129 Å². The molecule has 0 bridgehead atoms. The van der Waals surface area contributed by atoms with Gasteiger partial charge in [-0.2, -0.15) is 0 Å². The average molecular weight is 625 g/mol. The minimum absolute atomic E-state index is 0.0776. The number of nitrogens with one attached hydrogen (secondary N) is 1. The fourth-order valence-corrected chi connectivity index (χ4v) is 7.65. The van der Waals surface area contributed by atoms with Gasteiger partial charge < -0.3 is 29.7 Å². The second-order valence-electron chi connectivity index (χ2n) is 14.0. The number of carbonyl (C=O) groups excluding carboxylic acids is 3. The fraction of sp³-hybridized carbons (Fsp3) is 0.879. The van der Waals surface area contributed by atoms with Crippen LogP contribution in [0.5, 0.6) is 0 Å². The third-order valence-electron chi connectivity index (χ3n) is 10.4. The highest BCUT2D eigenvalue weighted by molar-refractivity contribution is 5.90. The number of likely N-dealkylation sites (N-methyl/N-ethyl adjacent to an activating group) is 2. The molecule has 254 valence electrons. The molecule has 0 aromatic heterocycles. The van der Waals surface area contributed by atoms with Crippen LogP contribution in [0, 0.1) is 29.1 Å². The Bertz CT molecular complexity index is 997. The number of ether oxygens (including phenoxy) is 2. The molecule has 0 aromatic carbocycles. The third kappa shape index (κ3) is 7.94. The number of likely N-dealkylation sites (tertiary alicyclic amines) is 1. The summed E-state index contributed by atoms with van der Waals surface area (Å²) in [5.41, 5.74) is -0.427. The molecule has 2 fully saturated rings. The SMILES string of the molecule is CC[C@H](C)C1([C@@H](CC(=O)N2CCCC2C(OC)[C@@H](C)C(=O)O)OC)CC1N(C)C(=O)[C@@H](NC(=O)[C@H](C(C)C)N(C)C)C(C)C. The van der Waals surface area contributed by atoms with Crippen molar-refractivity contribution in [1.29, 1.82) is 0 Å². The second kappa shape index (κ2) is 15.9. The first kappa shape index (κ1) is 37.9. The standard InChI is InChI=1S/C33H60N4O7/c1-13-21(6)33(25(43-11)17-26(38)37-16-14-15-23(37)29(44-12)22(7)32(41)42)18-24(33)36(10)31(40)27(19(2)3)34-30(39)28(20(4)5)35(8)9/h19-25,27-29H,13-18H2,1-12H3,(H,34,39)(H,41,42)/t21-,22+,23?,24?,25+,27-,28-,29?,33?/m0/s1. The maximum Gasteiger partial charge on any atom is 0.308 e. The number of carbonyl (C=O) groups is 4. The summed E-state index contributed by atoms with van der Waals surface area (Å²) in [5.74, 6) is -1.97. The molecule has 2 N–H and O–H groups in total. The first-order valence-corrected chi connectivity index (χ1v) is 16.3. The zero-order valence-corrected chi connectivity index (χ0v) is 29.3. The molecule has 1 aliphatic carbocycles. The molecule has 1 saturated carbocycles. The van der Waals surface area contributed by atoms with Crippen LogP contribution in [0.25, 0.3) is 0 Å². The zero-order valence-electron chi connectivity index (χ0n) is 29.3. The van der Waals surface area contributed by atoms with Crippen molar-refractivity contribution in [3.8, 4) is 0 Å². The number of hydrogen-bond donors (Lipinski definition) is 2. The van der Waals surface area contributed by atoms with Gasteiger partial charge >= 0.3 is 5.97 Å². The predicted molar refractivity (Wildman–Crippen MR) is 170 cm³/mol. The van der Waals surface area contributed by atoms with Crippen molar-refractivity contribution in [2.45, 2.75) is 117 Å². The Hall–Kier alpha value is -2.24. The van der Waals surface area contributed by atoms with Crippen molar-refractivity contribution >= 4 is 23.7 Å². The van der Waals surface area contributed by atoms with Gasteiger partial charge in [-0.05, 0) is 58.0 Å². The number of hydrogen-bond acceptors (Lipinski definition) is 7. The molecule has 3 amide bonds. The first-order chi connectivity index (χ1) is 20.5. The van der Waals surface area contributed by atoms with Gasteiger partial charge in [0.25, 0.3) is 0 Å².